The summed E-state index contributed by atoms with van der Waals surface area (Å²) in [4.78, 5) is 42.6. The Morgan fingerprint density at radius 1 is 1.06 bits per heavy atom. The van der Waals surface area contributed by atoms with Crippen molar-refractivity contribution in [2.45, 2.75) is 25.4 Å². The summed E-state index contributed by atoms with van der Waals surface area (Å²) in [6, 6.07) is 12.5. The molecule has 2 aliphatic rings. The van der Waals surface area contributed by atoms with Gasteiger partial charge in [0, 0.05) is 39.1 Å². The topological polar surface area (TPSA) is 86.1 Å². The average Bonchev–Trinajstić information content (AvgIpc) is 3.42. The van der Waals surface area contributed by atoms with Gasteiger partial charge in [0.25, 0.3) is 5.91 Å². The summed E-state index contributed by atoms with van der Waals surface area (Å²) >= 11 is 0. The lowest BCUT2D eigenvalue weighted by molar-refractivity contribution is -0.133. The molecule has 8 heteroatoms. The van der Waals surface area contributed by atoms with Crippen LogP contribution < -0.4 is 5.32 Å². The van der Waals surface area contributed by atoms with Crippen LogP contribution in [-0.2, 0) is 16.1 Å². The first-order valence-electron chi connectivity index (χ1n) is 11.0. The predicted octanol–water partition coefficient (Wildman–Crippen LogP) is 2.34. The van der Waals surface area contributed by atoms with Gasteiger partial charge in [-0.25, -0.2) is 4.79 Å². The third-order valence-electron chi connectivity index (χ3n) is 5.85. The van der Waals surface area contributed by atoms with Crippen molar-refractivity contribution >= 4 is 23.9 Å². The SMILES string of the molecule is O=C(CCC1NC(=O)N(Cc2ccco2)C1=O)N1CCN(C/C=C/c2ccccc2)CC1. The second-order valence-corrected chi connectivity index (χ2v) is 8.04. The maximum absolute atomic E-state index is 12.6. The number of piperazine rings is 1. The summed E-state index contributed by atoms with van der Waals surface area (Å²) in [5, 5.41) is 2.68. The van der Waals surface area contributed by atoms with E-state index in [-0.39, 0.29) is 24.8 Å². The smallest absolute Gasteiger partial charge is 0.325 e. The van der Waals surface area contributed by atoms with Crippen molar-refractivity contribution in [3.8, 4) is 0 Å². The maximum Gasteiger partial charge on any atom is 0.325 e. The van der Waals surface area contributed by atoms with Crippen LogP contribution in [0.15, 0.2) is 59.2 Å². The van der Waals surface area contributed by atoms with Crippen LogP contribution in [0.25, 0.3) is 6.08 Å². The first-order chi connectivity index (χ1) is 15.6. The molecule has 0 saturated carbocycles. The van der Waals surface area contributed by atoms with Crippen molar-refractivity contribution in [2.24, 2.45) is 0 Å². The molecule has 168 valence electrons. The molecule has 4 amide bonds. The second-order valence-electron chi connectivity index (χ2n) is 8.04. The van der Waals surface area contributed by atoms with Crippen LogP contribution in [-0.4, -0.2) is 71.3 Å². The molecule has 1 unspecified atom stereocenters. The van der Waals surface area contributed by atoms with Crippen LogP contribution in [0.3, 0.4) is 0 Å². The lowest BCUT2D eigenvalue weighted by atomic mass is 10.1. The van der Waals surface area contributed by atoms with Crippen molar-refractivity contribution in [1.29, 1.82) is 0 Å². The zero-order valence-corrected chi connectivity index (χ0v) is 18.0. The number of furan rings is 1. The molecule has 0 aliphatic carbocycles. The Kier molecular flexibility index (Phi) is 7.01. The Balaban J connectivity index is 1.18. The zero-order chi connectivity index (χ0) is 22.3. The predicted molar refractivity (Wildman–Crippen MR) is 119 cm³/mol. The van der Waals surface area contributed by atoms with Gasteiger partial charge in [-0.3, -0.25) is 19.4 Å². The zero-order valence-electron chi connectivity index (χ0n) is 18.0. The first kappa shape index (κ1) is 21.8. The molecule has 1 N–H and O–H groups in total. The Morgan fingerprint density at radius 2 is 1.84 bits per heavy atom. The fourth-order valence-corrected chi connectivity index (χ4v) is 3.99. The number of carbonyl (C=O) groups excluding carboxylic acids is 3. The van der Waals surface area contributed by atoms with Gasteiger partial charge < -0.3 is 14.6 Å². The minimum atomic E-state index is -0.661. The van der Waals surface area contributed by atoms with E-state index in [0.717, 1.165) is 24.5 Å². The third kappa shape index (κ3) is 5.45. The van der Waals surface area contributed by atoms with Crippen molar-refractivity contribution in [3.05, 3.63) is 66.1 Å². The average molecular weight is 437 g/mol. The molecule has 2 saturated heterocycles. The second kappa shape index (κ2) is 10.3. The Labute approximate surface area is 187 Å². The highest BCUT2D eigenvalue weighted by molar-refractivity contribution is 6.04. The normalized spacial score (nSPS) is 19.7. The molecule has 1 atom stereocenters. The minimum Gasteiger partial charge on any atom is -0.467 e. The van der Waals surface area contributed by atoms with Crippen LogP contribution in [0.1, 0.15) is 24.2 Å². The Bertz CT molecular complexity index is 950. The van der Waals surface area contributed by atoms with Gasteiger partial charge in [-0.05, 0) is 24.1 Å². The number of urea groups is 1. The Morgan fingerprint density at radius 3 is 2.56 bits per heavy atom. The summed E-state index contributed by atoms with van der Waals surface area (Å²) in [6.45, 7) is 3.94. The third-order valence-corrected chi connectivity index (χ3v) is 5.85. The largest absolute Gasteiger partial charge is 0.467 e. The lowest BCUT2D eigenvalue weighted by Crippen LogP contribution is -2.48. The summed E-state index contributed by atoms with van der Waals surface area (Å²) in [5.74, 6) is 0.256. The van der Waals surface area contributed by atoms with E-state index in [1.54, 1.807) is 12.1 Å². The number of benzene rings is 1. The van der Waals surface area contributed by atoms with Crippen LogP contribution in [0, 0.1) is 0 Å². The molecule has 0 spiro atoms. The molecule has 1 aromatic carbocycles. The number of rotatable bonds is 8. The monoisotopic (exact) mass is 436 g/mol. The van der Waals surface area contributed by atoms with E-state index in [9.17, 15) is 14.4 Å². The first-order valence-corrected chi connectivity index (χ1v) is 11.0. The summed E-state index contributed by atoms with van der Waals surface area (Å²) in [5.41, 5.74) is 1.18. The van der Waals surface area contributed by atoms with Crippen molar-refractivity contribution < 1.29 is 18.8 Å². The molecule has 32 heavy (non-hydrogen) atoms. The van der Waals surface area contributed by atoms with E-state index >= 15 is 0 Å². The molecule has 2 fully saturated rings. The van der Waals surface area contributed by atoms with Crippen molar-refractivity contribution in [3.63, 3.8) is 0 Å². The highest BCUT2D eigenvalue weighted by Crippen LogP contribution is 2.16. The van der Waals surface area contributed by atoms with E-state index < -0.39 is 12.1 Å². The maximum atomic E-state index is 12.6. The number of nitrogens with zero attached hydrogens (tertiary/aromatic N) is 3. The molecule has 3 heterocycles. The molecule has 2 aromatic rings. The van der Waals surface area contributed by atoms with Crippen LogP contribution >= 0.6 is 0 Å². The van der Waals surface area contributed by atoms with E-state index in [1.807, 2.05) is 23.1 Å². The van der Waals surface area contributed by atoms with E-state index in [2.05, 4.69) is 34.5 Å². The fraction of sp³-hybridized carbons (Fsp3) is 0.375. The fourth-order valence-electron chi connectivity index (χ4n) is 3.99. The highest BCUT2D eigenvalue weighted by atomic mass is 16.3. The van der Waals surface area contributed by atoms with Gasteiger partial charge in [-0.1, -0.05) is 42.5 Å². The van der Waals surface area contributed by atoms with Crippen molar-refractivity contribution in [2.75, 3.05) is 32.7 Å². The molecule has 4 rings (SSSR count). The van der Waals surface area contributed by atoms with Gasteiger partial charge in [0.15, 0.2) is 0 Å². The van der Waals surface area contributed by atoms with Crippen LogP contribution in [0.4, 0.5) is 4.79 Å². The standard InChI is InChI=1S/C24H28N4O4/c29-22(11-10-21-23(30)28(24(31)25-21)18-20-9-5-17-32-20)27-15-13-26(14-16-27)12-4-8-19-6-2-1-3-7-19/h1-9,17,21H,10-16,18H2,(H,25,31)/b8-4+. The summed E-state index contributed by atoms with van der Waals surface area (Å²) in [6.07, 6.45) is 6.30. The van der Waals surface area contributed by atoms with Gasteiger partial charge in [0.1, 0.15) is 11.8 Å². The molecule has 0 radical (unpaired) electrons. The van der Waals surface area contributed by atoms with Gasteiger partial charge in [-0.15, -0.1) is 0 Å². The van der Waals surface area contributed by atoms with E-state index in [0.29, 0.717) is 25.3 Å². The Hall–Kier alpha value is -3.39. The van der Waals surface area contributed by atoms with E-state index in [1.165, 1.54) is 11.8 Å². The number of imide groups is 1. The number of hydrogen-bond donors (Lipinski definition) is 1. The number of nitrogens with one attached hydrogen (secondary N) is 1. The highest BCUT2D eigenvalue weighted by Gasteiger charge is 2.38. The number of carbonyl (C=O) groups is 3. The van der Waals surface area contributed by atoms with Crippen LogP contribution in [0.2, 0.25) is 0 Å². The molecule has 1 aromatic heterocycles. The molecular weight excluding hydrogens is 408 g/mol. The lowest BCUT2D eigenvalue weighted by Gasteiger charge is -2.34. The van der Waals surface area contributed by atoms with Gasteiger partial charge in [0.2, 0.25) is 5.91 Å². The molecule has 0 bridgehead atoms. The van der Waals surface area contributed by atoms with Gasteiger partial charge in [0.05, 0.1) is 12.8 Å². The number of amides is 4. The van der Waals surface area contributed by atoms with E-state index in [4.69, 9.17) is 4.42 Å². The van der Waals surface area contributed by atoms with Gasteiger partial charge >= 0.3 is 6.03 Å². The quantitative estimate of drug-likeness (QED) is 0.642. The molecular formula is C24H28N4O4. The summed E-state index contributed by atoms with van der Waals surface area (Å²) in [7, 11) is 0. The minimum absolute atomic E-state index is 0.0241. The summed E-state index contributed by atoms with van der Waals surface area (Å²) < 4.78 is 5.22. The molecule has 2 aliphatic heterocycles. The van der Waals surface area contributed by atoms with Crippen molar-refractivity contribution in [1.82, 2.24) is 20.0 Å². The van der Waals surface area contributed by atoms with Crippen LogP contribution in [0.5, 0.6) is 0 Å². The molecule has 8 nitrogen and oxygen atoms in total. The van der Waals surface area contributed by atoms with Gasteiger partial charge in [-0.2, -0.15) is 0 Å². The number of hydrogen-bond acceptors (Lipinski definition) is 5.